The van der Waals surface area contributed by atoms with Gasteiger partial charge in [0.05, 0.1) is 16.8 Å². The lowest BCUT2D eigenvalue weighted by molar-refractivity contribution is 0.0991. The van der Waals surface area contributed by atoms with E-state index in [0.717, 1.165) is 34.3 Å². The second kappa shape index (κ2) is 6.77. The number of halogens is 1. The van der Waals surface area contributed by atoms with Gasteiger partial charge < -0.3 is 4.90 Å². The van der Waals surface area contributed by atoms with Gasteiger partial charge in [-0.25, -0.2) is 4.98 Å². The average molecular weight is 385 g/mol. The van der Waals surface area contributed by atoms with Crippen LogP contribution >= 0.6 is 11.6 Å². The van der Waals surface area contributed by atoms with E-state index < -0.39 is 0 Å². The third kappa shape index (κ3) is 2.85. The van der Waals surface area contributed by atoms with Gasteiger partial charge in [0.25, 0.3) is 5.91 Å². The summed E-state index contributed by atoms with van der Waals surface area (Å²) in [5.74, 6) is 0.0127. The Bertz CT molecular complexity index is 1200. The Morgan fingerprint density at radius 3 is 2.54 bits per heavy atom. The van der Waals surface area contributed by atoms with Gasteiger partial charge in [0, 0.05) is 28.2 Å². The number of pyridine rings is 1. The fourth-order valence-corrected chi connectivity index (χ4v) is 3.94. The molecule has 1 aliphatic heterocycles. The van der Waals surface area contributed by atoms with Gasteiger partial charge in [0.1, 0.15) is 0 Å². The molecule has 2 heterocycles. The molecule has 1 aliphatic rings. The molecular weight excluding hydrogens is 368 g/mol. The molecule has 0 unspecified atom stereocenters. The lowest BCUT2D eigenvalue weighted by Crippen LogP contribution is -2.29. The summed E-state index contributed by atoms with van der Waals surface area (Å²) in [5.41, 5.74) is 5.41. The summed E-state index contributed by atoms with van der Waals surface area (Å²) in [6.07, 6.45) is 0.884. The Morgan fingerprint density at radius 1 is 0.929 bits per heavy atom. The molecular formula is C24H17ClN2O. The first-order valence-corrected chi connectivity index (χ1v) is 9.64. The molecule has 4 aromatic rings. The molecule has 0 N–H and O–H groups in total. The molecule has 4 heteroatoms. The minimum absolute atomic E-state index is 0.0127. The minimum Gasteiger partial charge on any atom is -0.308 e. The van der Waals surface area contributed by atoms with Crippen LogP contribution < -0.4 is 4.90 Å². The fourth-order valence-electron chi connectivity index (χ4n) is 3.82. The van der Waals surface area contributed by atoms with Gasteiger partial charge in [0.2, 0.25) is 0 Å². The molecule has 0 atom stereocenters. The molecule has 1 aromatic heterocycles. The third-order valence-corrected chi connectivity index (χ3v) is 5.47. The Kier molecular flexibility index (Phi) is 4.10. The van der Waals surface area contributed by atoms with E-state index in [1.807, 2.05) is 77.7 Å². The van der Waals surface area contributed by atoms with E-state index >= 15 is 0 Å². The second-order valence-electron chi connectivity index (χ2n) is 6.91. The molecule has 0 aliphatic carbocycles. The van der Waals surface area contributed by atoms with Crippen LogP contribution in [0.4, 0.5) is 5.69 Å². The fraction of sp³-hybridized carbons (Fsp3) is 0.0833. The van der Waals surface area contributed by atoms with Crippen LogP contribution in [0.3, 0.4) is 0 Å². The standard InChI is InChI=1S/C24H17ClN2O/c25-18-11-9-16(10-12-18)22-15-20(19-6-2-3-7-21(19)26-22)24(28)27-14-13-17-5-1-4-8-23(17)27/h1-12,15H,13-14H2. The molecule has 1 amide bonds. The minimum atomic E-state index is 0.0127. The number of anilines is 1. The summed E-state index contributed by atoms with van der Waals surface area (Å²) < 4.78 is 0. The van der Waals surface area contributed by atoms with Crippen LogP contribution in [-0.4, -0.2) is 17.4 Å². The molecule has 3 nitrogen and oxygen atoms in total. The number of nitrogens with zero attached hydrogens (tertiary/aromatic N) is 2. The van der Waals surface area contributed by atoms with Crippen LogP contribution in [0.2, 0.25) is 5.02 Å². The summed E-state index contributed by atoms with van der Waals surface area (Å²) in [4.78, 5) is 20.2. The first kappa shape index (κ1) is 17.0. The van der Waals surface area contributed by atoms with Crippen LogP contribution in [0.25, 0.3) is 22.2 Å². The van der Waals surface area contributed by atoms with E-state index in [4.69, 9.17) is 16.6 Å². The van der Waals surface area contributed by atoms with E-state index in [-0.39, 0.29) is 5.91 Å². The molecule has 0 saturated heterocycles. The van der Waals surface area contributed by atoms with Crippen molar-refractivity contribution in [1.82, 2.24) is 4.98 Å². The van der Waals surface area contributed by atoms with Crippen LogP contribution in [-0.2, 0) is 6.42 Å². The highest BCUT2D eigenvalue weighted by atomic mass is 35.5. The molecule has 136 valence electrons. The summed E-state index contributed by atoms with van der Waals surface area (Å²) in [5, 5.41) is 1.55. The molecule has 3 aromatic carbocycles. The highest BCUT2D eigenvalue weighted by Crippen LogP contribution is 2.32. The van der Waals surface area contributed by atoms with Crippen LogP contribution in [0.5, 0.6) is 0 Å². The number of benzene rings is 3. The van der Waals surface area contributed by atoms with Crippen molar-refractivity contribution in [3.05, 3.63) is 95.0 Å². The molecule has 0 spiro atoms. The Labute approximate surface area is 168 Å². The van der Waals surface area contributed by atoms with Crippen molar-refractivity contribution in [2.24, 2.45) is 0 Å². The summed E-state index contributed by atoms with van der Waals surface area (Å²) in [7, 11) is 0. The van der Waals surface area contributed by atoms with E-state index in [1.165, 1.54) is 5.56 Å². The van der Waals surface area contributed by atoms with E-state index in [2.05, 4.69) is 6.07 Å². The van der Waals surface area contributed by atoms with Gasteiger partial charge in [0.15, 0.2) is 0 Å². The number of para-hydroxylation sites is 2. The molecule has 0 bridgehead atoms. The SMILES string of the molecule is O=C(c1cc(-c2ccc(Cl)cc2)nc2ccccc12)N1CCc2ccccc21. The highest BCUT2D eigenvalue weighted by Gasteiger charge is 2.26. The van der Waals surface area contributed by atoms with E-state index in [0.29, 0.717) is 17.1 Å². The van der Waals surface area contributed by atoms with Gasteiger partial charge in [-0.2, -0.15) is 0 Å². The van der Waals surface area contributed by atoms with Crippen LogP contribution in [0.1, 0.15) is 15.9 Å². The van der Waals surface area contributed by atoms with Crippen molar-refractivity contribution in [3.63, 3.8) is 0 Å². The number of aromatic nitrogens is 1. The maximum atomic E-state index is 13.5. The summed E-state index contributed by atoms with van der Waals surface area (Å²) in [6.45, 7) is 0.700. The van der Waals surface area contributed by atoms with Crippen molar-refractivity contribution < 1.29 is 4.79 Å². The van der Waals surface area contributed by atoms with Gasteiger partial charge in [-0.1, -0.05) is 60.1 Å². The van der Waals surface area contributed by atoms with Crippen molar-refractivity contribution in [2.75, 3.05) is 11.4 Å². The Hall–Kier alpha value is -3.17. The van der Waals surface area contributed by atoms with Gasteiger partial charge in [-0.05, 0) is 42.3 Å². The first-order valence-electron chi connectivity index (χ1n) is 9.26. The van der Waals surface area contributed by atoms with Gasteiger partial charge in [-0.3, -0.25) is 4.79 Å². The number of fused-ring (bicyclic) bond motifs is 2. The quantitative estimate of drug-likeness (QED) is 0.440. The molecule has 0 fully saturated rings. The molecule has 28 heavy (non-hydrogen) atoms. The van der Waals surface area contributed by atoms with Crippen molar-refractivity contribution >= 4 is 34.1 Å². The van der Waals surface area contributed by atoms with Gasteiger partial charge >= 0.3 is 0 Å². The zero-order valence-electron chi connectivity index (χ0n) is 15.1. The topological polar surface area (TPSA) is 33.2 Å². The van der Waals surface area contributed by atoms with E-state index in [9.17, 15) is 4.79 Å². The first-order chi connectivity index (χ1) is 13.7. The molecule has 0 saturated carbocycles. The molecule has 5 rings (SSSR count). The lowest BCUT2D eigenvalue weighted by atomic mass is 10.0. The average Bonchev–Trinajstić information content (AvgIpc) is 3.17. The van der Waals surface area contributed by atoms with Crippen LogP contribution in [0.15, 0.2) is 78.9 Å². The zero-order chi connectivity index (χ0) is 19.1. The second-order valence-corrected chi connectivity index (χ2v) is 7.35. The van der Waals surface area contributed by atoms with Crippen LogP contribution in [0, 0.1) is 0 Å². The number of hydrogen-bond acceptors (Lipinski definition) is 2. The monoisotopic (exact) mass is 384 g/mol. The maximum Gasteiger partial charge on any atom is 0.259 e. The smallest absolute Gasteiger partial charge is 0.259 e. The Morgan fingerprint density at radius 2 is 1.68 bits per heavy atom. The number of amides is 1. The number of rotatable bonds is 2. The number of hydrogen-bond donors (Lipinski definition) is 0. The largest absolute Gasteiger partial charge is 0.308 e. The van der Waals surface area contributed by atoms with Crippen molar-refractivity contribution in [1.29, 1.82) is 0 Å². The van der Waals surface area contributed by atoms with E-state index in [1.54, 1.807) is 0 Å². The number of carbonyl (C=O) groups is 1. The van der Waals surface area contributed by atoms with Gasteiger partial charge in [-0.15, -0.1) is 0 Å². The number of carbonyl (C=O) groups excluding carboxylic acids is 1. The van der Waals surface area contributed by atoms with Crippen molar-refractivity contribution in [2.45, 2.75) is 6.42 Å². The van der Waals surface area contributed by atoms with Crippen molar-refractivity contribution in [3.8, 4) is 11.3 Å². The molecule has 0 radical (unpaired) electrons. The zero-order valence-corrected chi connectivity index (χ0v) is 15.9. The predicted molar refractivity (Wildman–Crippen MR) is 114 cm³/mol. The lowest BCUT2D eigenvalue weighted by Gasteiger charge is -2.19. The maximum absolute atomic E-state index is 13.5. The highest BCUT2D eigenvalue weighted by molar-refractivity contribution is 6.30. The summed E-state index contributed by atoms with van der Waals surface area (Å²) in [6, 6.07) is 25.3. The Balaban J connectivity index is 1.66. The normalized spacial score (nSPS) is 13.0. The third-order valence-electron chi connectivity index (χ3n) is 5.22. The summed E-state index contributed by atoms with van der Waals surface area (Å²) >= 11 is 6.03. The predicted octanol–water partition coefficient (Wildman–Crippen LogP) is 5.76.